The second kappa shape index (κ2) is 9.55. The highest BCUT2D eigenvalue weighted by Crippen LogP contribution is 2.15. The second-order valence-corrected chi connectivity index (χ2v) is 6.88. The lowest BCUT2D eigenvalue weighted by atomic mass is 10.1. The third kappa shape index (κ3) is 5.56. The zero-order chi connectivity index (χ0) is 19.1. The molecule has 0 spiro atoms. The summed E-state index contributed by atoms with van der Waals surface area (Å²) in [6.45, 7) is 4.93. The third-order valence-electron chi connectivity index (χ3n) is 4.91. The van der Waals surface area contributed by atoms with E-state index in [1.54, 1.807) is 24.1 Å². The van der Waals surface area contributed by atoms with Gasteiger partial charge in [0.2, 0.25) is 0 Å². The van der Waals surface area contributed by atoms with Crippen LogP contribution in [0.2, 0.25) is 0 Å². The van der Waals surface area contributed by atoms with Gasteiger partial charge in [0.25, 0.3) is 5.91 Å². The van der Waals surface area contributed by atoms with E-state index in [0.717, 1.165) is 31.7 Å². The quantitative estimate of drug-likeness (QED) is 0.789. The van der Waals surface area contributed by atoms with Crippen LogP contribution in [0.5, 0.6) is 0 Å². The summed E-state index contributed by atoms with van der Waals surface area (Å²) in [5, 5.41) is 6.29. The Morgan fingerprint density at radius 2 is 2.11 bits per heavy atom. The lowest BCUT2D eigenvalue weighted by Gasteiger charge is -2.31. The smallest absolute Gasteiger partial charge is 0.409 e. The molecule has 1 aromatic rings. The molecule has 8 nitrogen and oxygen atoms in total. The molecular formula is C19H28N4O4. The molecule has 2 aliphatic rings. The zero-order valence-electron chi connectivity index (χ0n) is 15.8. The fraction of sp³-hybridized carbons (Fsp3) is 0.632. The number of hydrogen-bond acceptors (Lipinski definition) is 6. The molecule has 1 atom stereocenters. The minimum atomic E-state index is -0.282. The maximum atomic E-state index is 12.4. The van der Waals surface area contributed by atoms with E-state index < -0.39 is 0 Å². The number of nitrogens with zero attached hydrogens (tertiary/aromatic N) is 2. The first-order chi connectivity index (χ1) is 13.2. The monoisotopic (exact) mass is 376 g/mol. The van der Waals surface area contributed by atoms with Crippen LogP contribution in [0.1, 0.15) is 43.1 Å². The summed E-state index contributed by atoms with van der Waals surface area (Å²) >= 11 is 0. The number of rotatable bonds is 6. The fourth-order valence-corrected chi connectivity index (χ4v) is 3.35. The predicted molar refractivity (Wildman–Crippen MR) is 101 cm³/mol. The van der Waals surface area contributed by atoms with Gasteiger partial charge in [-0.2, -0.15) is 0 Å². The van der Waals surface area contributed by atoms with E-state index in [1.165, 1.54) is 0 Å². The number of carbonyl (C=O) groups is 2. The standard InChI is InChI=1S/C19H28N4O4/c1-2-26-19(25)23-9-7-14(8-10-23)22-18(24)17-6-5-15(12-21-17)20-13-16-4-3-11-27-16/h5-6,12,14,16,20H,2-4,7-11,13H2,1H3,(H,22,24). The highest BCUT2D eigenvalue weighted by Gasteiger charge is 2.25. The van der Waals surface area contributed by atoms with Crippen LogP contribution in [0.15, 0.2) is 18.3 Å². The molecule has 2 saturated heterocycles. The van der Waals surface area contributed by atoms with Crippen LogP contribution >= 0.6 is 0 Å². The molecule has 27 heavy (non-hydrogen) atoms. The van der Waals surface area contributed by atoms with Gasteiger partial charge in [-0.05, 0) is 44.7 Å². The van der Waals surface area contributed by atoms with Crippen LogP contribution in [0, 0.1) is 0 Å². The molecule has 0 radical (unpaired) electrons. The Morgan fingerprint density at radius 1 is 1.30 bits per heavy atom. The van der Waals surface area contributed by atoms with Crippen LogP contribution < -0.4 is 10.6 Å². The summed E-state index contributed by atoms with van der Waals surface area (Å²) in [6.07, 6.45) is 5.27. The second-order valence-electron chi connectivity index (χ2n) is 6.88. The fourth-order valence-electron chi connectivity index (χ4n) is 3.35. The van der Waals surface area contributed by atoms with Crippen LogP contribution in [0.4, 0.5) is 10.5 Å². The molecule has 2 fully saturated rings. The van der Waals surface area contributed by atoms with Gasteiger partial charge in [-0.3, -0.25) is 4.79 Å². The number of ether oxygens (including phenoxy) is 2. The largest absolute Gasteiger partial charge is 0.450 e. The van der Waals surface area contributed by atoms with E-state index in [9.17, 15) is 9.59 Å². The van der Waals surface area contributed by atoms with E-state index in [1.807, 2.05) is 6.07 Å². The average Bonchev–Trinajstić information content (AvgIpc) is 3.21. The number of piperidine rings is 1. The third-order valence-corrected chi connectivity index (χ3v) is 4.91. The normalized spacial score (nSPS) is 20.3. The van der Waals surface area contributed by atoms with Crippen LogP contribution in [-0.2, 0) is 9.47 Å². The van der Waals surface area contributed by atoms with Crippen LogP contribution in [0.3, 0.4) is 0 Å². The van der Waals surface area contributed by atoms with E-state index in [0.29, 0.717) is 38.2 Å². The summed E-state index contributed by atoms with van der Waals surface area (Å²) in [5.41, 5.74) is 1.27. The molecule has 1 aromatic heterocycles. The predicted octanol–water partition coefficient (Wildman–Crippen LogP) is 2.02. The van der Waals surface area contributed by atoms with Gasteiger partial charge >= 0.3 is 6.09 Å². The van der Waals surface area contributed by atoms with Gasteiger partial charge in [-0.15, -0.1) is 0 Å². The molecule has 2 aliphatic heterocycles. The topological polar surface area (TPSA) is 92.8 Å². The molecule has 8 heteroatoms. The number of pyridine rings is 1. The van der Waals surface area contributed by atoms with Crippen molar-refractivity contribution in [2.45, 2.75) is 44.8 Å². The first kappa shape index (κ1) is 19.4. The van der Waals surface area contributed by atoms with Gasteiger partial charge in [0.05, 0.1) is 24.6 Å². The van der Waals surface area contributed by atoms with Crippen molar-refractivity contribution >= 4 is 17.7 Å². The Bertz CT molecular complexity index is 623. The number of anilines is 1. The van der Waals surface area contributed by atoms with E-state index in [4.69, 9.17) is 9.47 Å². The molecule has 3 rings (SSSR count). The van der Waals surface area contributed by atoms with Gasteiger partial charge in [0, 0.05) is 32.3 Å². The Labute approximate surface area is 159 Å². The van der Waals surface area contributed by atoms with Crippen molar-refractivity contribution in [1.29, 1.82) is 0 Å². The highest BCUT2D eigenvalue weighted by atomic mass is 16.6. The maximum absolute atomic E-state index is 12.4. The molecule has 2 amide bonds. The molecule has 3 heterocycles. The Morgan fingerprint density at radius 3 is 2.74 bits per heavy atom. The molecule has 148 valence electrons. The van der Waals surface area contributed by atoms with E-state index in [2.05, 4.69) is 15.6 Å². The Kier molecular flexibility index (Phi) is 6.86. The first-order valence-electron chi connectivity index (χ1n) is 9.69. The van der Waals surface area contributed by atoms with Gasteiger partial charge in [0.1, 0.15) is 5.69 Å². The summed E-state index contributed by atoms with van der Waals surface area (Å²) < 4.78 is 10.6. The summed E-state index contributed by atoms with van der Waals surface area (Å²) in [5.74, 6) is -0.185. The van der Waals surface area contributed by atoms with Crippen molar-refractivity contribution in [3.05, 3.63) is 24.0 Å². The van der Waals surface area contributed by atoms with Crippen molar-refractivity contribution in [2.24, 2.45) is 0 Å². The van der Waals surface area contributed by atoms with Crippen LogP contribution in [0.25, 0.3) is 0 Å². The molecule has 1 unspecified atom stereocenters. The number of carbonyl (C=O) groups excluding carboxylic acids is 2. The summed E-state index contributed by atoms with van der Waals surface area (Å²) in [7, 11) is 0. The lowest BCUT2D eigenvalue weighted by Crippen LogP contribution is -2.46. The van der Waals surface area contributed by atoms with Crippen molar-refractivity contribution in [2.75, 3.05) is 38.2 Å². The van der Waals surface area contributed by atoms with E-state index >= 15 is 0 Å². The summed E-state index contributed by atoms with van der Waals surface area (Å²) in [6, 6.07) is 3.63. The molecular weight excluding hydrogens is 348 g/mol. The Balaban J connectivity index is 1.42. The van der Waals surface area contributed by atoms with Crippen LogP contribution in [-0.4, -0.2) is 66.9 Å². The van der Waals surface area contributed by atoms with Gasteiger partial charge < -0.3 is 25.0 Å². The number of likely N-dealkylation sites (tertiary alicyclic amines) is 1. The maximum Gasteiger partial charge on any atom is 0.409 e. The van der Waals surface area contributed by atoms with Crippen molar-refractivity contribution < 1.29 is 19.1 Å². The van der Waals surface area contributed by atoms with Gasteiger partial charge in [-0.25, -0.2) is 9.78 Å². The zero-order valence-corrected chi connectivity index (χ0v) is 15.8. The van der Waals surface area contributed by atoms with E-state index in [-0.39, 0.29) is 24.1 Å². The molecule has 0 bridgehead atoms. The van der Waals surface area contributed by atoms with Crippen molar-refractivity contribution in [3.8, 4) is 0 Å². The molecule has 0 aliphatic carbocycles. The average molecular weight is 376 g/mol. The lowest BCUT2D eigenvalue weighted by molar-refractivity contribution is 0.0856. The molecule has 2 N–H and O–H groups in total. The minimum absolute atomic E-state index is 0.0438. The summed E-state index contributed by atoms with van der Waals surface area (Å²) in [4.78, 5) is 30.0. The highest BCUT2D eigenvalue weighted by molar-refractivity contribution is 5.92. The number of nitrogens with one attached hydrogen (secondary N) is 2. The van der Waals surface area contributed by atoms with Gasteiger partial charge in [-0.1, -0.05) is 0 Å². The first-order valence-corrected chi connectivity index (χ1v) is 9.69. The van der Waals surface area contributed by atoms with Gasteiger partial charge in [0.15, 0.2) is 0 Å². The number of hydrogen-bond donors (Lipinski definition) is 2. The number of amides is 2. The molecule has 0 saturated carbocycles. The molecule has 0 aromatic carbocycles. The SMILES string of the molecule is CCOC(=O)N1CCC(NC(=O)c2ccc(NCC3CCCO3)cn2)CC1. The van der Waals surface area contributed by atoms with Crippen molar-refractivity contribution in [1.82, 2.24) is 15.2 Å². The van der Waals surface area contributed by atoms with Crippen molar-refractivity contribution in [3.63, 3.8) is 0 Å². The minimum Gasteiger partial charge on any atom is -0.450 e. The Hall–Kier alpha value is -2.35. The number of aromatic nitrogens is 1.